The summed E-state index contributed by atoms with van der Waals surface area (Å²) >= 11 is 0. The number of fused-ring (bicyclic) bond motifs is 3. The first-order valence-electron chi connectivity index (χ1n) is 14.3. The Balaban J connectivity index is 1.43. The van der Waals surface area contributed by atoms with Crippen molar-refractivity contribution in [3.05, 3.63) is 70.0 Å². The van der Waals surface area contributed by atoms with E-state index in [-0.39, 0.29) is 29.5 Å². The third-order valence-electron chi connectivity index (χ3n) is 7.95. The number of nitrogens with one attached hydrogen (secondary N) is 2. The van der Waals surface area contributed by atoms with Crippen molar-refractivity contribution < 1.29 is 23.8 Å². The molecule has 2 amide bonds. The van der Waals surface area contributed by atoms with E-state index in [1.807, 2.05) is 30.3 Å². The van der Waals surface area contributed by atoms with Gasteiger partial charge in [-0.15, -0.1) is 0 Å². The molecule has 1 atom stereocenters. The Labute approximate surface area is 250 Å². The van der Waals surface area contributed by atoms with E-state index in [0.29, 0.717) is 61.8 Å². The highest BCUT2D eigenvalue weighted by molar-refractivity contribution is 5.84. The predicted molar refractivity (Wildman–Crippen MR) is 164 cm³/mol. The number of pyridine rings is 1. The van der Waals surface area contributed by atoms with Gasteiger partial charge in [0.15, 0.2) is 11.5 Å². The monoisotopic (exact) mass is 587 g/mol. The lowest BCUT2D eigenvalue weighted by Crippen LogP contribution is -2.50. The normalized spacial score (nSPS) is 15.9. The number of carbonyl (C=O) groups excluding carboxylic acids is 2. The molecule has 2 heterocycles. The largest absolute Gasteiger partial charge is 0.493 e. The molecule has 2 aromatic carbocycles. The van der Waals surface area contributed by atoms with Gasteiger partial charge in [-0.1, -0.05) is 12.1 Å². The van der Waals surface area contributed by atoms with Crippen molar-refractivity contribution in [3.8, 4) is 28.4 Å². The quantitative estimate of drug-likeness (QED) is 0.410. The molecule has 3 aromatic rings. The number of hydrogen-bond acceptors (Lipinski definition) is 9. The Hall–Kier alpha value is -4.80. The molecule has 226 valence electrons. The van der Waals surface area contributed by atoms with Crippen LogP contribution < -0.4 is 35.2 Å². The average Bonchev–Trinajstić information content (AvgIpc) is 3.27. The van der Waals surface area contributed by atoms with E-state index in [1.165, 1.54) is 6.92 Å². The van der Waals surface area contributed by atoms with Gasteiger partial charge in [0.1, 0.15) is 5.82 Å². The van der Waals surface area contributed by atoms with Crippen molar-refractivity contribution in [2.75, 3.05) is 64.3 Å². The number of nitrogens with zero attached hydrogens (tertiary/aromatic N) is 3. The van der Waals surface area contributed by atoms with E-state index >= 15 is 0 Å². The van der Waals surface area contributed by atoms with Crippen LogP contribution in [0.25, 0.3) is 11.1 Å². The predicted octanol–water partition coefficient (Wildman–Crippen LogP) is 3.02. The molecule has 1 aliphatic heterocycles. The van der Waals surface area contributed by atoms with Crippen LogP contribution in [0.5, 0.6) is 17.2 Å². The van der Waals surface area contributed by atoms with E-state index in [2.05, 4.69) is 20.5 Å². The van der Waals surface area contributed by atoms with Crippen LogP contribution in [0.15, 0.2) is 53.5 Å². The number of carbonyl (C=O) groups is 2. The van der Waals surface area contributed by atoms with Crippen molar-refractivity contribution in [1.29, 1.82) is 0 Å². The van der Waals surface area contributed by atoms with E-state index in [0.717, 1.165) is 22.5 Å². The molecule has 43 heavy (non-hydrogen) atoms. The molecular weight excluding hydrogens is 550 g/mol. The summed E-state index contributed by atoms with van der Waals surface area (Å²) in [5.41, 5.74) is 3.10. The molecular formula is C32H37N5O6. The molecule has 5 rings (SSSR count). The summed E-state index contributed by atoms with van der Waals surface area (Å²) in [5, 5.41) is 6.07. The van der Waals surface area contributed by atoms with Gasteiger partial charge in [0.2, 0.25) is 23.0 Å². The van der Waals surface area contributed by atoms with Gasteiger partial charge >= 0.3 is 0 Å². The molecule has 0 bridgehead atoms. The maximum Gasteiger partial charge on any atom is 0.241 e. The van der Waals surface area contributed by atoms with Crippen molar-refractivity contribution in [2.24, 2.45) is 0 Å². The van der Waals surface area contributed by atoms with E-state index in [4.69, 9.17) is 14.2 Å². The summed E-state index contributed by atoms with van der Waals surface area (Å²) in [6.45, 7) is 3.94. The third kappa shape index (κ3) is 6.20. The third-order valence-corrected chi connectivity index (χ3v) is 7.95. The molecule has 1 saturated heterocycles. The fraction of sp³-hybridized carbons (Fsp3) is 0.375. The number of ether oxygens (including phenoxy) is 3. The Morgan fingerprint density at radius 1 is 0.977 bits per heavy atom. The van der Waals surface area contributed by atoms with Crippen molar-refractivity contribution in [3.63, 3.8) is 0 Å². The number of piperazine rings is 1. The summed E-state index contributed by atoms with van der Waals surface area (Å²) < 4.78 is 17.1. The van der Waals surface area contributed by atoms with Gasteiger partial charge in [-0.3, -0.25) is 14.4 Å². The Morgan fingerprint density at radius 2 is 1.74 bits per heavy atom. The van der Waals surface area contributed by atoms with Crippen LogP contribution >= 0.6 is 0 Å². The molecule has 11 heteroatoms. The first-order chi connectivity index (χ1) is 20.8. The van der Waals surface area contributed by atoms with Crippen LogP contribution in [-0.4, -0.2) is 75.8 Å². The standard InChI is InChI=1S/C32H37N5O6/c1-20(38)35-24-10-8-21-17-27(41-2)31(42-3)32(43-4)30(21)22-9-11-25(26(39)18-23(22)24)34-19-29(40)37-15-13-36(14-16-37)28-7-5-6-12-33-28/h5-7,9,11-12,17-18,24H,8,10,13-16,19H2,1-4H3,(H,34,39)(H,35,38)/t24-/m0/s1. The summed E-state index contributed by atoms with van der Waals surface area (Å²) in [4.78, 5) is 47.1. The molecule has 1 aromatic heterocycles. The molecule has 11 nitrogen and oxygen atoms in total. The minimum absolute atomic E-state index is 0.0203. The zero-order valence-electron chi connectivity index (χ0n) is 24.9. The number of aromatic nitrogens is 1. The van der Waals surface area contributed by atoms with Gasteiger partial charge in [0, 0.05) is 44.9 Å². The van der Waals surface area contributed by atoms with Crippen molar-refractivity contribution >= 4 is 23.3 Å². The highest BCUT2D eigenvalue weighted by atomic mass is 16.5. The zero-order valence-corrected chi connectivity index (χ0v) is 24.9. The fourth-order valence-electron chi connectivity index (χ4n) is 5.86. The minimum atomic E-state index is -0.411. The second-order valence-corrected chi connectivity index (χ2v) is 10.5. The number of hydrogen-bond donors (Lipinski definition) is 2. The van der Waals surface area contributed by atoms with Crippen LogP contribution in [0, 0.1) is 0 Å². The lowest BCUT2D eigenvalue weighted by molar-refractivity contribution is -0.129. The molecule has 2 aliphatic rings. The Bertz CT molecular complexity index is 1560. The highest BCUT2D eigenvalue weighted by Gasteiger charge is 2.29. The van der Waals surface area contributed by atoms with Gasteiger partial charge in [-0.2, -0.15) is 0 Å². The van der Waals surface area contributed by atoms with Crippen LogP contribution in [0.4, 0.5) is 11.5 Å². The minimum Gasteiger partial charge on any atom is -0.493 e. The smallest absolute Gasteiger partial charge is 0.241 e. The first-order valence-corrected chi connectivity index (χ1v) is 14.3. The van der Waals surface area contributed by atoms with Gasteiger partial charge in [-0.25, -0.2) is 4.98 Å². The molecule has 1 aliphatic carbocycles. The summed E-state index contributed by atoms with van der Waals surface area (Å²) in [5.74, 6) is 2.06. The number of methoxy groups -OCH3 is 3. The SMILES string of the molecule is COc1cc2c(c(OC)c1OC)-c1ccc(NCC(=O)N3CCN(c4ccccn4)CC3)c(=O)cc1[C@@H](NC(C)=O)CC2. The number of anilines is 2. The molecule has 0 spiro atoms. The summed E-state index contributed by atoms with van der Waals surface area (Å²) in [7, 11) is 4.67. The van der Waals surface area contributed by atoms with E-state index in [9.17, 15) is 14.4 Å². The summed E-state index contributed by atoms with van der Waals surface area (Å²) in [6.07, 6.45) is 2.93. The fourth-order valence-corrected chi connectivity index (χ4v) is 5.86. The van der Waals surface area contributed by atoms with Crippen LogP contribution in [-0.2, 0) is 16.0 Å². The van der Waals surface area contributed by atoms with Crippen molar-refractivity contribution in [2.45, 2.75) is 25.8 Å². The molecule has 1 fully saturated rings. The van der Waals surface area contributed by atoms with Gasteiger partial charge in [0.25, 0.3) is 0 Å². The topological polar surface area (TPSA) is 122 Å². The molecule has 0 saturated carbocycles. The average molecular weight is 588 g/mol. The van der Waals surface area contributed by atoms with Crippen LogP contribution in [0.2, 0.25) is 0 Å². The Morgan fingerprint density at radius 3 is 2.40 bits per heavy atom. The number of amides is 2. The second kappa shape index (κ2) is 13.0. The molecule has 0 radical (unpaired) electrons. The van der Waals surface area contributed by atoms with E-state index < -0.39 is 6.04 Å². The first kappa shape index (κ1) is 29.7. The van der Waals surface area contributed by atoms with Crippen LogP contribution in [0.3, 0.4) is 0 Å². The van der Waals surface area contributed by atoms with Gasteiger partial charge in [0.05, 0.1) is 39.6 Å². The zero-order chi connectivity index (χ0) is 30.5. The van der Waals surface area contributed by atoms with E-state index in [1.54, 1.807) is 44.6 Å². The number of aryl methyl sites for hydroxylation is 1. The molecule has 2 N–H and O–H groups in total. The lowest BCUT2D eigenvalue weighted by atomic mass is 9.95. The maximum absolute atomic E-state index is 13.5. The lowest BCUT2D eigenvalue weighted by Gasteiger charge is -2.35. The maximum atomic E-state index is 13.5. The van der Waals surface area contributed by atoms with Crippen molar-refractivity contribution in [1.82, 2.24) is 15.2 Å². The molecule has 0 unspecified atom stereocenters. The number of benzene rings is 1. The summed E-state index contributed by atoms with van der Waals surface area (Å²) in [6, 6.07) is 12.3. The Kier molecular flexibility index (Phi) is 8.98. The highest BCUT2D eigenvalue weighted by Crippen LogP contribution is 2.50. The van der Waals surface area contributed by atoms with Gasteiger partial charge in [-0.05, 0) is 59.9 Å². The van der Waals surface area contributed by atoms with Gasteiger partial charge < -0.3 is 34.6 Å². The number of rotatable bonds is 8. The second-order valence-electron chi connectivity index (χ2n) is 10.5. The van der Waals surface area contributed by atoms with Crippen LogP contribution in [0.1, 0.15) is 30.5 Å².